The first-order valence-electron chi connectivity index (χ1n) is 15.0. The zero-order valence-corrected chi connectivity index (χ0v) is 24.2. The molecule has 0 saturated heterocycles. The van der Waals surface area contributed by atoms with Crippen LogP contribution in [0.1, 0.15) is 25.0 Å². The molecule has 0 unspecified atom stereocenters. The number of rotatable bonds is 2. The van der Waals surface area contributed by atoms with E-state index in [0.29, 0.717) is 0 Å². The van der Waals surface area contributed by atoms with Crippen LogP contribution in [0.3, 0.4) is 0 Å². The minimum absolute atomic E-state index is 0.0943. The van der Waals surface area contributed by atoms with Crippen molar-refractivity contribution in [2.75, 3.05) is 10.2 Å². The molecule has 0 fully saturated rings. The van der Waals surface area contributed by atoms with Crippen molar-refractivity contribution >= 4 is 46.6 Å². The quantitative estimate of drug-likeness (QED) is 0.217. The Bertz CT molecular complexity index is 2100. The van der Waals surface area contributed by atoms with Gasteiger partial charge < -0.3 is 15.0 Å². The third kappa shape index (κ3) is 3.50. The zero-order valence-electron chi connectivity index (χ0n) is 24.2. The molecule has 43 heavy (non-hydrogen) atoms. The van der Waals surface area contributed by atoms with E-state index >= 15 is 0 Å². The van der Waals surface area contributed by atoms with Gasteiger partial charge in [-0.1, -0.05) is 110 Å². The largest absolute Gasteiger partial charge is 0.453 e. The summed E-state index contributed by atoms with van der Waals surface area (Å²) in [5.74, 6) is 1.69. The molecular formula is C39H29BN2O. The summed E-state index contributed by atoms with van der Waals surface area (Å²) >= 11 is 0. The van der Waals surface area contributed by atoms with Crippen LogP contribution in [0.2, 0.25) is 0 Å². The van der Waals surface area contributed by atoms with Crippen molar-refractivity contribution in [1.29, 1.82) is 0 Å². The Morgan fingerprint density at radius 1 is 0.628 bits per heavy atom. The number of nitrogens with one attached hydrogen (secondary N) is 1. The topological polar surface area (TPSA) is 24.5 Å². The van der Waals surface area contributed by atoms with E-state index in [2.05, 4.69) is 133 Å². The molecule has 6 aromatic carbocycles. The molecule has 1 N–H and O–H groups in total. The van der Waals surface area contributed by atoms with Crippen LogP contribution in [0.15, 0.2) is 127 Å². The maximum atomic E-state index is 6.42. The number of fused-ring (bicyclic) bond motifs is 6. The highest BCUT2D eigenvalue weighted by atomic mass is 16.5. The van der Waals surface area contributed by atoms with Crippen molar-refractivity contribution in [2.45, 2.75) is 19.3 Å². The summed E-state index contributed by atoms with van der Waals surface area (Å²) < 4.78 is 6.42. The van der Waals surface area contributed by atoms with Crippen molar-refractivity contribution in [3.05, 3.63) is 139 Å². The molecular weight excluding hydrogens is 523 g/mol. The van der Waals surface area contributed by atoms with Gasteiger partial charge in [0.05, 0.1) is 17.1 Å². The lowest BCUT2D eigenvalue weighted by molar-refractivity contribution is 0.481. The van der Waals surface area contributed by atoms with Crippen molar-refractivity contribution in [2.24, 2.45) is 0 Å². The number of para-hydroxylation sites is 5. The molecule has 3 nitrogen and oxygen atoms in total. The first kappa shape index (κ1) is 24.4. The van der Waals surface area contributed by atoms with E-state index in [4.69, 9.17) is 4.74 Å². The standard InChI is InChI=1S/C39H29BN2O/c1-39(2)28-15-6-8-19-32(28)42-33-23-25(24-12-4-3-5-13-24)22-27(36(33)40-30-17-11-16-29(39)38(30)42)26-14-10-21-35-37(26)41-31-18-7-9-20-34(31)43-35/h3-23,40-41H,1-2H3. The van der Waals surface area contributed by atoms with Gasteiger partial charge in [0.25, 0.3) is 0 Å². The van der Waals surface area contributed by atoms with Gasteiger partial charge >= 0.3 is 0 Å². The smallest absolute Gasteiger partial charge is 0.198 e. The summed E-state index contributed by atoms with van der Waals surface area (Å²) in [6.45, 7) is 4.72. The van der Waals surface area contributed by atoms with Crippen LogP contribution in [0.25, 0.3) is 22.3 Å². The van der Waals surface area contributed by atoms with Gasteiger partial charge in [-0.15, -0.1) is 0 Å². The van der Waals surface area contributed by atoms with Gasteiger partial charge in [-0.2, -0.15) is 0 Å². The Hall–Kier alpha value is -5.22. The summed E-state index contributed by atoms with van der Waals surface area (Å²) in [5, 5.41) is 3.73. The summed E-state index contributed by atoms with van der Waals surface area (Å²) in [4.78, 5) is 2.54. The van der Waals surface area contributed by atoms with Crippen molar-refractivity contribution in [3.8, 4) is 33.8 Å². The average Bonchev–Trinajstić information content (AvgIpc) is 3.05. The summed E-state index contributed by atoms with van der Waals surface area (Å²) in [6.07, 6.45) is 0. The van der Waals surface area contributed by atoms with Crippen LogP contribution in [-0.4, -0.2) is 7.28 Å². The van der Waals surface area contributed by atoms with Crippen LogP contribution in [-0.2, 0) is 5.41 Å². The fraction of sp³-hybridized carbons (Fsp3) is 0.0769. The van der Waals surface area contributed by atoms with Crippen LogP contribution in [0, 0.1) is 0 Å². The van der Waals surface area contributed by atoms with Crippen LogP contribution >= 0.6 is 0 Å². The monoisotopic (exact) mass is 552 g/mol. The molecule has 0 amide bonds. The average molecular weight is 552 g/mol. The van der Waals surface area contributed by atoms with Gasteiger partial charge in [0.2, 0.25) is 0 Å². The van der Waals surface area contributed by atoms with Gasteiger partial charge in [-0.05, 0) is 69.7 Å². The summed E-state index contributed by atoms with van der Waals surface area (Å²) in [6, 6.07) is 45.9. The molecule has 0 bridgehead atoms. The Morgan fingerprint density at radius 2 is 1.37 bits per heavy atom. The molecule has 6 aromatic rings. The predicted molar refractivity (Wildman–Crippen MR) is 180 cm³/mol. The molecule has 3 aliphatic heterocycles. The Morgan fingerprint density at radius 3 is 2.28 bits per heavy atom. The van der Waals surface area contributed by atoms with Gasteiger partial charge in [-0.3, -0.25) is 0 Å². The molecule has 4 heteroatoms. The number of ether oxygens (including phenoxy) is 1. The third-order valence-corrected chi connectivity index (χ3v) is 9.46. The first-order chi connectivity index (χ1) is 21.1. The lowest BCUT2D eigenvalue weighted by Crippen LogP contribution is -2.45. The maximum Gasteiger partial charge on any atom is 0.198 e. The van der Waals surface area contributed by atoms with Gasteiger partial charge in [0.1, 0.15) is 0 Å². The number of hydrogen-bond donors (Lipinski definition) is 1. The van der Waals surface area contributed by atoms with Crippen molar-refractivity contribution in [1.82, 2.24) is 0 Å². The Labute approximate surface area is 252 Å². The SMILES string of the molecule is CC1(C)c2ccccc2N2c3cc(-c4ccccc4)cc(-c4cccc5c4Nc4ccccc4O5)c3Bc3cccc1c32. The van der Waals surface area contributed by atoms with Gasteiger partial charge in [0, 0.05) is 22.4 Å². The molecule has 0 radical (unpaired) electrons. The highest BCUT2D eigenvalue weighted by molar-refractivity contribution is 6.73. The van der Waals surface area contributed by atoms with E-state index in [-0.39, 0.29) is 5.41 Å². The highest BCUT2D eigenvalue weighted by Gasteiger charge is 2.41. The second kappa shape index (κ2) is 8.89. The second-order valence-electron chi connectivity index (χ2n) is 12.3. The van der Waals surface area contributed by atoms with Crippen molar-refractivity contribution in [3.63, 3.8) is 0 Å². The van der Waals surface area contributed by atoms with Gasteiger partial charge in [-0.25, -0.2) is 0 Å². The number of nitrogens with zero attached hydrogens (tertiary/aromatic N) is 1. The van der Waals surface area contributed by atoms with Crippen molar-refractivity contribution < 1.29 is 4.74 Å². The molecule has 0 atom stereocenters. The minimum atomic E-state index is -0.0943. The van der Waals surface area contributed by atoms with E-state index in [9.17, 15) is 0 Å². The van der Waals surface area contributed by atoms with Crippen LogP contribution in [0.5, 0.6) is 11.5 Å². The lowest BCUT2D eigenvalue weighted by atomic mass is 9.55. The van der Waals surface area contributed by atoms with Gasteiger partial charge in [0.15, 0.2) is 18.8 Å². The third-order valence-electron chi connectivity index (χ3n) is 9.46. The van der Waals surface area contributed by atoms with Crippen LogP contribution < -0.4 is 25.9 Å². The maximum absolute atomic E-state index is 6.42. The van der Waals surface area contributed by atoms with E-state index < -0.39 is 0 Å². The molecule has 9 rings (SSSR count). The summed E-state index contributed by atoms with van der Waals surface area (Å²) in [5.41, 5.74) is 15.9. The van der Waals surface area contributed by atoms with E-state index in [1.54, 1.807) is 0 Å². The molecule has 0 aromatic heterocycles. The molecule has 0 spiro atoms. The minimum Gasteiger partial charge on any atom is -0.453 e. The summed E-state index contributed by atoms with van der Waals surface area (Å²) in [7, 11) is 0.860. The Balaban J connectivity index is 1.34. The fourth-order valence-electron chi connectivity index (χ4n) is 7.37. The fourth-order valence-corrected chi connectivity index (χ4v) is 7.37. The zero-order chi connectivity index (χ0) is 28.7. The molecule has 0 aliphatic carbocycles. The number of benzene rings is 6. The first-order valence-corrected chi connectivity index (χ1v) is 15.0. The molecule has 3 heterocycles. The molecule has 3 aliphatic rings. The normalized spacial score (nSPS) is 14.5. The second-order valence-corrected chi connectivity index (χ2v) is 12.3. The molecule has 0 saturated carbocycles. The highest BCUT2D eigenvalue weighted by Crippen LogP contribution is 2.53. The van der Waals surface area contributed by atoms with E-state index in [1.807, 2.05) is 18.2 Å². The number of hydrogen-bond acceptors (Lipinski definition) is 3. The van der Waals surface area contributed by atoms with E-state index in [0.717, 1.165) is 35.7 Å². The Kier molecular flexibility index (Phi) is 5.04. The predicted octanol–water partition coefficient (Wildman–Crippen LogP) is 8.68. The lowest BCUT2D eigenvalue weighted by Gasteiger charge is -2.46. The number of anilines is 5. The molecule has 204 valence electrons. The van der Waals surface area contributed by atoms with Crippen LogP contribution in [0.4, 0.5) is 28.4 Å². The van der Waals surface area contributed by atoms with E-state index in [1.165, 1.54) is 55.8 Å².